The maximum atomic E-state index is 12.4. The van der Waals surface area contributed by atoms with Gasteiger partial charge in [-0.15, -0.1) is 0 Å². The number of carbonyl (C=O) groups excluding carboxylic acids is 2. The summed E-state index contributed by atoms with van der Waals surface area (Å²) >= 11 is 11.3. The first-order chi connectivity index (χ1) is 13.8. The van der Waals surface area contributed by atoms with Crippen LogP contribution in [0.3, 0.4) is 0 Å². The Kier molecular flexibility index (Phi) is 8.95. The number of rotatable bonds is 7. The molecule has 0 aliphatic carbocycles. The number of amides is 1. The van der Waals surface area contributed by atoms with Gasteiger partial charge in [-0.25, -0.2) is 4.79 Å². The first kappa shape index (κ1) is 23.2. The molecule has 0 aromatic heterocycles. The van der Waals surface area contributed by atoms with E-state index in [1.54, 1.807) is 43.3 Å². The average molecular weight is 590 g/mol. The van der Waals surface area contributed by atoms with Crippen molar-refractivity contribution < 1.29 is 19.1 Å². The molecule has 0 saturated heterocycles. The molecule has 29 heavy (non-hydrogen) atoms. The van der Waals surface area contributed by atoms with Crippen LogP contribution in [0.25, 0.3) is 6.08 Å². The van der Waals surface area contributed by atoms with Gasteiger partial charge in [0, 0.05) is 10.7 Å². The summed E-state index contributed by atoms with van der Waals surface area (Å²) in [5.41, 5.74) is 1.08. The van der Waals surface area contributed by atoms with E-state index in [2.05, 4.69) is 21.2 Å². The molecule has 1 amide bonds. The number of carbonyl (C=O) groups is 2. The second-order valence-electron chi connectivity index (χ2n) is 5.54. The van der Waals surface area contributed by atoms with Gasteiger partial charge in [0.05, 0.1) is 14.6 Å². The molecule has 0 aliphatic rings. The van der Waals surface area contributed by atoms with Crippen LogP contribution in [0.1, 0.15) is 12.5 Å². The first-order valence-corrected chi connectivity index (χ1v) is 10.5. The predicted octanol–water partition coefficient (Wildman–Crippen LogP) is 5.19. The van der Waals surface area contributed by atoms with Gasteiger partial charge in [-0.3, -0.25) is 4.79 Å². The second-order valence-corrected chi connectivity index (χ2v) is 7.99. The molecule has 0 bridgehead atoms. The van der Waals surface area contributed by atoms with Crippen LogP contribution in [0, 0.1) is 14.9 Å². The lowest BCUT2D eigenvalue weighted by atomic mass is 10.1. The van der Waals surface area contributed by atoms with Crippen molar-refractivity contribution >= 4 is 73.8 Å². The molecule has 0 atom stereocenters. The molecule has 6 nitrogen and oxygen atoms in total. The number of halogens is 3. The van der Waals surface area contributed by atoms with E-state index in [1.165, 1.54) is 6.08 Å². The largest absolute Gasteiger partial charge is 0.480 e. The molecule has 0 unspecified atom stereocenters. The maximum Gasteiger partial charge on any atom is 0.344 e. The average Bonchev–Trinajstić information content (AvgIpc) is 2.67. The van der Waals surface area contributed by atoms with Crippen LogP contribution in [-0.2, 0) is 14.3 Å². The predicted molar refractivity (Wildman–Crippen MR) is 123 cm³/mol. The van der Waals surface area contributed by atoms with Crippen LogP contribution < -0.4 is 10.1 Å². The number of nitrogens with one attached hydrogen (secondary N) is 1. The highest BCUT2D eigenvalue weighted by Crippen LogP contribution is 2.33. The summed E-state index contributed by atoms with van der Waals surface area (Å²) in [4.78, 5) is 23.9. The summed E-state index contributed by atoms with van der Waals surface area (Å²) < 4.78 is 11.6. The minimum Gasteiger partial charge on any atom is -0.480 e. The first-order valence-electron chi connectivity index (χ1n) is 8.30. The number of hydrogen-bond donors (Lipinski definition) is 1. The van der Waals surface area contributed by atoms with E-state index in [9.17, 15) is 14.9 Å². The van der Waals surface area contributed by atoms with Crippen molar-refractivity contribution in [2.45, 2.75) is 6.92 Å². The molecule has 0 spiro atoms. The number of hydrogen-bond acceptors (Lipinski definition) is 5. The van der Waals surface area contributed by atoms with E-state index >= 15 is 0 Å². The Morgan fingerprint density at radius 1 is 1.31 bits per heavy atom. The van der Waals surface area contributed by atoms with Gasteiger partial charge in [0.25, 0.3) is 5.91 Å². The zero-order valence-corrected chi connectivity index (χ0v) is 19.7. The summed E-state index contributed by atoms with van der Waals surface area (Å²) in [7, 11) is 0. The van der Waals surface area contributed by atoms with Crippen molar-refractivity contribution in [3.05, 3.63) is 60.6 Å². The number of esters is 1. The molecule has 0 fully saturated rings. The molecule has 0 heterocycles. The van der Waals surface area contributed by atoms with Crippen LogP contribution in [0.15, 0.2) is 46.4 Å². The van der Waals surface area contributed by atoms with Gasteiger partial charge >= 0.3 is 5.97 Å². The second kappa shape index (κ2) is 11.2. The molecule has 2 aromatic rings. The molecule has 0 aliphatic heterocycles. The van der Waals surface area contributed by atoms with Crippen molar-refractivity contribution in [1.82, 2.24) is 0 Å². The molecule has 2 rings (SSSR count). The molecular formula is C20H15BrClIN2O4. The Morgan fingerprint density at radius 2 is 2.00 bits per heavy atom. The van der Waals surface area contributed by atoms with Gasteiger partial charge in [0.1, 0.15) is 17.4 Å². The highest BCUT2D eigenvalue weighted by atomic mass is 127. The Bertz CT molecular complexity index is 964. The van der Waals surface area contributed by atoms with Crippen LogP contribution >= 0.6 is 50.1 Å². The molecule has 2 aromatic carbocycles. The van der Waals surface area contributed by atoms with Crippen molar-refractivity contribution in [3.8, 4) is 11.8 Å². The van der Waals surface area contributed by atoms with Crippen molar-refractivity contribution in [2.24, 2.45) is 0 Å². The van der Waals surface area contributed by atoms with Gasteiger partial charge in [-0.2, -0.15) is 5.26 Å². The van der Waals surface area contributed by atoms with Gasteiger partial charge in [0.15, 0.2) is 6.61 Å². The third-order valence-corrected chi connectivity index (χ3v) is 5.08. The zero-order chi connectivity index (χ0) is 21.4. The zero-order valence-electron chi connectivity index (χ0n) is 15.2. The number of anilines is 1. The highest BCUT2D eigenvalue weighted by Gasteiger charge is 2.14. The van der Waals surface area contributed by atoms with E-state index in [-0.39, 0.29) is 18.8 Å². The molecule has 150 valence electrons. The molecule has 9 heteroatoms. The number of ether oxygens (including phenoxy) is 2. The van der Waals surface area contributed by atoms with Crippen molar-refractivity contribution in [1.29, 1.82) is 5.26 Å². The SMILES string of the molecule is CCOC(=O)COc1c(Br)cc(/C=C(/C#N)C(=O)Nc2ccc(Cl)cc2)cc1I. The van der Waals surface area contributed by atoms with E-state index in [1.807, 2.05) is 28.7 Å². The smallest absolute Gasteiger partial charge is 0.344 e. The van der Waals surface area contributed by atoms with E-state index in [0.29, 0.717) is 30.1 Å². The minimum atomic E-state index is -0.538. The highest BCUT2D eigenvalue weighted by molar-refractivity contribution is 14.1. The van der Waals surface area contributed by atoms with Crippen LogP contribution in [0.2, 0.25) is 5.02 Å². The fraction of sp³-hybridized carbons (Fsp3) is 0.150. The lowest BCUT2D eigenvalue weighted by molar-refractivity contribution is -0.145. The summed E-state index contributed by atoms with van der Waals surface area (Å²) in [6.07, 6.45) is 1.47. The van der Waals surface area contributed by atoms with E-state index in [0.717, 1.165) is 0 Å². The Balaban J connectivity index is 2.18. The van der Waals surface area contributed by atoms with Gasteiger partial charge < -0.3 is 14.8 Å². The maximum absolute atomic E-state index is 12.4. The molecule has 0 saturated carbocycles. The third-order valence-electron chi connectivity index (χ3n) is 3.44. The normalized spacial score (nSPS) is 10.8. The van der Waals surface area contributed by atoms with Crippen molar-refractivity contribution in [3.63, 3.8) is 0 Å². The Hall–Kier alpha value is -2.09. The van der Waals surface area contributed by atoms with Crippen LogP contribution in [0.5, 0.6) is 5.75 Å². The number of nitriles is 1. The molecule has 1 N–H and O–H groups in total. The van der Waals surface area contributed by atoms with Gasteiger partial charge in [0.2, 0.25) is 0 Å². The van der Waals surface area contributed by atoms with Crippen LogP contribution in [-0.4, -0.2) is 25.1 Å². The summed E-state index contributed by atoms with van der Waals surface area (Å²) in [6, 6.07) is 11.9. The van der Waals surface area contributed by atoms with Crippen molar-refractivity contribution in [2.75, 3.05) is 18.5 Å². The van der Waals surface area contributed by atoms with Gasteiger partial charge in [-0.1, -0.05) is 11.6 Å². The lowest BCUT2D eigenvalue weighted by Crippen LogP contribution is -2.15. The quantitative estimate of drug-likeness (QED) is 0.208. The summed E-state index contributed by atoms with van der Waals surface area (Å²) in [6.45, 7) is 1.78. The fourth-order valence-electron chi connectivity index (χ4n) is 2.18. The third kappa shape index (κ3) is 7.03. The number of nitrogens with zero attached hydrogens (tertiary/aromatic N) is 1. The summed E-state index contributed by atoms with van der Waals surface area (Å²) in [5, 5.41) is 12.6. The Morgan fingerprint density at radius 3 is 2.59 bits per heavy atom. The standard InChI is InChI=1S/C20H15BrClIN2O4/c1-2-28-18(26)11-29-19-16(21)8-12(9-17(19)23)7-13(10-24)20(27)25-15-5-3-14(22)4-6-15/h3-9H,2,11H2,1H3,(H,25,27)/b13-7-. The molecule has 0 radical (unpaired) electrons. The van der Waals surface area contributed by atoms with E-state index in [4.69, 9.17) is 21.1 Å². The lowest BCUT2D eigenvalue weighted by Gasteiger charge is -2.11. The van der Waals surface area contributed by atoms with E-state index < -0.39 is 11.9 Å². The van der Waals surface area contributed by atoms with Crippen LogP contribution in [0.4, 0.5) is 5.69 Å². The minimum absolute atomic E-state index is 0.0668. The number of benzene rings is 2. The van der Waals surface area contributed by atoms with Gasteiger partial charge in [-0.05, 0) is 93.5 Å². The summed E-state index contributed by atoms with van der Waals surface area (Å²) in [5.74, 6) is -0.534. The Labute approximate surface area is 195 Å². The monoisotopic (exact) mass is 588 g/mol. The fourth-order valence-corrected chi connectivity index (χ4v) is 4.08. The topological polar surface area (TPSA) is 88.4 Å². The molecular weight excluding hydrogens is 574 g/mol.